The number of carbonyl (C=O) groups is 1. The Morgan fingerprint density at radius 2 is 1.79 bits per heavy atom. The molecule has 0 spiro atoms. The van der Waals surface area contributed by atoms with Crippen molar-refractivity contribution >= 4 is 28.5 Å². The van der Waals surface area contributed by atoms with E-state index in [2.05, 4.69) is 0 Å². The van der Waals surface area contributed by atoms with Crippen LogP contribution in [0.15, 0.2) is 29.3 Å². The molecule has 2 unspecified atom stereocenters. The number of aliphatic imine (C=N–C) groups is 1. The maximum absolute atomic E-state index is 12.9. The van der Waals surface area contributed by atoms with Gasteiger partial charge < -0.3 is 4.90 Å². The normalized spacial score (nSPS) is 25.4. The molecule has 1 aliphatic carbocycles. The summed E-state index contributed by atoms with van der Waals surface area (Å²) >= 11 is 1.63. The SMILES string of the molecule is CC(=O)N(c1ccc(C(F)(F)F)cc1)C1C(C)SC(=NC2CCCCC2)N1C. The Bertz CT molecular complexity index is 729. The number of benzene rings is 1. The average molecular weight is 414 g/mol. The zero-order chi connectivity index (χ0) is 20.5. The molecule has 0 N–H and O–H groups in total. The van der Waals surface area contributed by atoms with Gasteiger partial charge >= 0.3 is 6.18 Å². The van der Waals surface area contributed by atoms with E-state index >= 15 is 0 Å². The molecule has 2 fully saturated rings. The van der Waals surface area contributed by atoms with Crippen LogP contribution in [0.5, 0.6) is 0 Å². The van der Waals surface area contributed by atoms with Gasteiger partial charge in [-0.1, -0.05) is 31.0 Å². The predicted molar refractivity (Wildman–Crippen MR) is 108 cm³/mol. The fourth-order valence-electron chi connectivity index (χ4n) is 3.94. The van der Waals surface area contributed by atoms with E-state index in [1.54, 1.807) is 16.7 Å². The molecule has 8 heteroatoms. The summed E-state index contributed by atoms with van der Waals surface area (Å²) in [6.07, 6.45) is 1.14. The number of alkyl halides is 3. The third-order valence-corrected chi connectivity index (χ3v) is 6.57. The lowest BCUT2D eigenvalue weighted by Crippen LogP contribution is -2.50. The monoisotopic (exact) mass is 413 g/mol. The lowest BCUT2D eigenvalue weighted by molar-refractivity contribution is -0.137. The van der Waals surface area contributed by atoms with Gasteiger partial charge in [-0.3, -0.25) is 14.7 Å². The summed E-state index contributed by atoms with van der Waals surface area (Å²) in [6.45, 7) is 3.47. The van der Waals surface area contributed by atoms with E-state index in [9.17, 15) is 18.0 Å². The van der Waals surface area contributed by atoms with Gasteiger partial charge in [-0.25, -0.2) is 0 Å². The highest BCUT2D eigenvalue weighted by Crippen LogP contribution is 2.37. The van der Waals surface area contributed by atoms with Crippen LogP contribution < -0.4 is 4.90 Å². The Kier molecular flexibility index (Phi) is 6.27. The third-order valence-electron chi connectivity index (χ3n) is 5.35. The fourth-order valence-corrected chi connectivity index (χ4v) is 5.18. The van der Waals surface area contributed by atoms with Crippen molar-refractivity contribution in [1.29, 1.82) is 0 Å². The average Bonchev–Trinajstić information content (AvgIpc) is 2.90. The smallest absolute Gasteiger partial charge is 0.333 e. The number of amidine groups is 1. The minimum atomic E-state index is -4.40. The Hall–Kier alpha value is -1.70. The van der Waals surface area contributed by atoms with Gasteiger partial charge in [-0.15, -0.1) is 0 Å². The summed E-state index contributed by atoms with van der Waals surface area (Å²) in [6, 6.07) is 5.10. The van der Waals surface area contributed by atoms with Crippen LogP contribution in [0.25, 0.3) is 0 Å². The molecule has 0 aromatic heterocycles. The first kappa shape index (κ1) is 21.0. The second-order valence-electron chi connectivity index (χ2n) is 7.48. The van der Waals surface area contributed by atoms with Gasteiger partial charge in [-0.2, -0.15) is 13.2 Å². The molecule has 1 aromatic carbocycles. The largest absolute Gasteiger partial charge is 0.416 e. The van der Waals surface area contributed by atoms with Crippen LogP contribution in [0.4, 0.5) is 18.9 Å². The topological polar surface area (TPSA) is 35.9 Å². The van der Waals surface area contributed by atoms with E-state index < -0.39 is 11.7 Å². The minimum Gasteiger partial charge on any atom is -0.333 e. The molecule has 0 radical (unpaired) electrons. The maximum Gasteiger partial charge on any atom is 0.416 e. The summed E-state index contributed by atoms with van der Waals surface area (Å²) in [5.74, 6) is -0.206. The summed E-state index contributed by atoms with van der Waals surface area (Å²) < 4.78 is 38.6. The molecule has 154 valence electrons. The highest BCUT2D eigenvalue weighted by molar-refractivity contribution is 8.14. The predicted octanol–water partition coefficient (Wildman–Crippen LogP) is 5.14. The zero-order valence-electron chi connectivity index (χ0n) is 16.4. The molecular formula is C20H26F3N3OS. The number of amides is 1. The summed E-state index contributed by atoms with van der Waals surface area (Å²) in [4.78, 5) is 20.9. The second kappa shape index (κ2) is 8.35. The van der Waals surface area contributed by atoms with Crippen LogP contribution in [0, 0.1) is 0 Å². The Balaban J connectivity index is 1.85. The van der Waals surface area contributed by atoms with Crippen molar-refractivity contribution in [2.45, 2.75) is 69.6 Å². The Morgan fingerprint density at radius 1 is 1.18 bits per heavy atom. The summed E-state index contributed by atoms with van der Waals surface area (Å²) in [5.41, 5.74) is -0.259. The Morgan fingerprint density at radius 3 is 2.32 bits per heavy atom. The first-order chi connectivity index (χ1) is 13.2. The molecule has 1 aromatic rings. The van der Waals surface area contributed by atoms with E-state index in [0.29, 0.717) is 11.7 Å². The molecule has 28 heavy (non-hydrogen) atoms. The highest BCUT2D eigenvalue weighted by atomic mass is 32.2. The van der Waals surface area contributed by atoms with E-state index in [0.717, 1.165) is 30.1 Å². The second-order valence-corrected chi connectivity index (χ2v) is 8.83. The maximum atomic E-state index is 12.9. The van der Waals surface area contributed by atoms with Crippen molar-refractivity contribution in [1.82, 2.24) is 4.90 Å². The van der Waals surface area contributed by atoms with Crippen LogP contribution in [-0.2, 0) is 11.0 Å². The number of halogens is 3. The van der Waals surface area contributed by atoms with Crippen molar-refractivity contribution in [2.75, 3.05) is 11.9 Å². The summed E-state index contributed by atoms with van der Waals surface area (Å²) in [7, 11) is 1.91. The van der Waals surface area contributed by atoms with E-state index in [4.69, 9.17) is 4.99 Å². The lowest BCUT2D eigenvalue weighted by Gasteiger charge is -2.35. The highest BCUT2D eigenvalue weighted by Gasteiger charge is 2.41. The summed E-state index contributed by atoms with van der Waals surface area (Å²) in [5, 5.41) is 0.959. The van der Waals surface area contributed by atoms with Gasteiger partial charge in [-0.05, 0) is 44.0 Å². The van der Waals surface area contributed by atoms with Crippen molar-refractivity contribution in [2.24, 2.45) is 4.99 Å². The number of carbonyl (C=O) groups excluding carboxylic acids is 1. The van der Waals surface area contributed by atoms with E-state index in [1.165, 1.54) is 38.3 Å². The zero-order valence-corrected chi connectivity index (χ0v) is 17.2. The molecule has 1 aliphatic heterocycles. The minimum absolute atomic E-state index is 0.0542. The van der Waals surface area contributed by atoms with Crippen molar-refractivity contribution in [3.05, 3.63) is 29.8 Å². The molecule has 4 nitrogen and oxygen atoms in total. The Labute approximate surface area is 168 Å². The van der Waals surface area contributed by atoms with Crippen LogP contribution in [0.1, 0.15) is 51.5 Å². The molecule has 1 amide bonds. The molecule has 1 saturated heterocycles. The van der Waals surface area contributed by atoms with Crippen LogP contribution in [0.3, 0.4) is 0 Å². The number of thioether (sulfide) groups is 1. The number of hydrogen-bond acceptors (Lipinski definition) is 3. The fraction of sp³-hybridized carbons (Fsp3) is 0.600. The lowest BCUT2D eigenvalue weighted by atomic mass is 9.96. The van der Waals surface area contributed by atoms with E-state index in [-0.39, 0.29) is 17.3 Å². The van der Waals surface area contributed by atoms with Gasteiger partial charge in [0, 0.05) is 24.9 Å². The molecule has 0 bridgehead atoms. The van der Waals surface area contributed by atoms with Gasteiger partial charge in [0.1, 0.15) is 6.17 Å². The first-order valence-corrected chi connectivity index (χ1v) is 10.5. The molecular weight excluding hydrogens is 387 g/mol. The third kappa shape index (κ3) is 4.47. The van der Waals surface area contributed by atoms with Crippen LogP contribution >= 0.6 is 11.8 Å². The molecule has 3 rings (SSSR count). The number of hydrogen-bond donors (Lipinski definition) is 0. The number of anilines is 1. The van der Waals surface area contributed by atoms with Crippen molar-refractivity contribution < 1.29 is 18.0 Å². The molecule has 1 saturated carbocycles. The van der Waals surface area contributed by atoms with Gasteiger partial charge in [0.15, 0.2) is 5.17 Å². The number of rotatable bonds is 3. The first-order valence-electron chi connectivity index (χ1n) is 9.63. The van der Waals surface area contributed by atoms with E-state index in [1.807, 2.05) is 18.9 Å². The molecule has 1 heterocycles. The standard InChI is InChI=1S/C20H26F3N3OS/c1-13-18(25(3)19(28-13)24-16-7-5-4-6-8-16)26(14(2)27)17-11-9-15(10-12-17)20(21,22)23/h9-13,16,18H,4-8H2,1-3H3. The van der Waals surface area contributed by atoms with Crippen LogP contribution in [0.2, 0.25) is 0 Å². The quantitative estimate of drug-likeness (QED) is 0.688. The van der Waals surface area contributed by atoms with Gasteiger partial charge in [0.05, 0.1) is 11.6 Å². The van der Waals surface area contributed by atoms with Crippen molar-refractivity contribution in [3.63, 3.8) is 0 Å². The number of nitrogens with zero attached hydrogens (tertiary/aromatic N) is 3. The van der Waals surface area contributed by atoms with Crippen molar-refractivity contribution in [3.8, 4) is 0 Å². The van der Waals surface area contributed by atoms with Gasteiger partial charge in [0.2, 0.25) is 5.91 Å². The molecule has 2 atom stereocenters. The van der Waals surface area contributed by atoms with Gasteiger partial charge in [0.25, 0.3) is 0 Å². The van der Waals surface area contributed by atoms with Crippen LogP contribution in [-0.4, -0.2) is 40.5 Å². The molecule has 2 aliphatic rings.